The first-order valence-electron chi connectivity index (χ1n) is 5.64. The van der Waals surface area contributed by atoms with Crippen LogP contribution in [0.25, 0.3) is 0 Å². The second kappa shape index (κ2) is 4.93. The lowest BCUT2D eigenvalue weighted by Crippen LogP contribution is -2.11. The first kappa shape index (κ1) is 12.8. The minimum absolute atomic E-state index is 0.170. The van der Waals surface area contributed by atoms with Gasteiger partial charge in [-0.3, -0.25) is 9.78 Å². The van der Waals surface area contributed by atoms with E-state index in [0.29, 0.717) is 11.4 Å². The molecule has 2 rings (SSSR count). The fourth-order valence-electron chi connectivity index (χ4n) is 1.66. The van der Waals surface area contributed by atoms with Crippen molar-refractivity contribution in [2.45, 2.75) is 13.8 Å². The van der Waals surface area contributed by atoms with E-state index in [-0.39, 0.29) is 17.1 Å². The Morgan fingerprint density at radius 3 is 2.68 bits per heavy atom. The van der Waals surface area contributed by atoms with Gasteiger partial charge in [-0.15, -0.1) is 0 Å². The van der Waals surface area contributed by atoms with Gasteiger partial charge in [0.25, 0.3) is 5.56 Å². The Labute approximate surface area is 109 Å². The summed E-state index contributed by atoms with van der Waals surface area (Å²) >= 11 is 0. The van der Waals surface area contributed by atoms with Crippen LogP contribution < -0.4 is 10.9 Å². The lowest BCUT2D eigenvalue weighted by molar-refractivity contribution is 0.0697. The molecule has 0 saturated carbocycles. The highest BCUT2D eigenvalue weighted by Crippen LogP contribution is 2.19. The molecular weight excluding hydrogens is 246 g/mol. The number of carboxylic acids is 1. The number of benzene rings is 1. The zero-order chi connectivity index (χ0) is 14.0. The molecule has 1 aromatic carbocycles. The zero-order valence-electron chi connectivity index (χ0n) is 10.5. The lowest BCUT2D eigenvalue weighted by atomic mass is 10.1. The number of hydrogen-bond donors (Lipinski definition) is 3. The number of nitrogens with one attached hydrogen (secondary N) is 2. The summed E-state index contributed by atoms with van der Waals surface area (Å²) < 4.78 is 0. The number of aromatic nitrogens is 2. The summed E-state index contributed by atoms with van der Waals surface area (Å²) in [7, 11) is 0. The topological polar surface area (TPSA) is 95.1 Å². The zero-order valence-corrected chi connectivity index (χ0v) is 10.5. The average Bonchev–Trinajstić information content (AvgIpc) is 2.30. The first-order chi connectivity index (χ1) is 8.95. The van der Waals surface area contributed by atoms with E-state index in [1.807, 2.05) is 6.92 Å². The van der Waals surface area contributed by atoms with Gasteiger partial charge in [-0.1, -0.05) is 6.07 Å². The number of H-pyrrole nitrogens is 1. The SMILES string of the molecule is Cc1cc(=O)[nH]c(Nc2cc(C(=O)O)ccc2C)n1. The minimum atomic E-state index is -1.01. The lowest BCUT2D eigenvalue weighted by Gasteiger charge is -2.09. The van der Waals surface area contributed by atoms with Crippen molar-refractivity contribution in [2.24, 2.45) is 0 Å². The summed E-state index contributed by atoms with van der Waals surface area (Å²) in [6, 6.07) is 6.10. The Balaban J connectivity index is 2.39. The van der Waals surface area contributed by atoms with Crippen LogP contribution in [0, 0.1) is 13.8 Å². The largest absolute Gasteiger partial charge is 0.478 e. The second-order valence-electron chi connectivity index (χ2n) is 4.20. The second-order valence-corrected chi connectivity index (χ2v) is 4.20. The van der Waals surface area contributed by atoms with Crippen molar-refractivity contribution in [3.63, 3.8) is 0 Å². The summed E-state index contributed by atoms with van der Waals surface area (Å²) in [5, 5.41) is 11.9. The highest BCUT2D eigenvalue weighted by molar-refractivity contribution is 5.89. The summed E-state index contributed by atoms with van der Waals surface area (Å²) in [4.78, 5) is 28.9. The van der Waals surface area contributed by atoms with E-state index in [1.54, 1.807) is 13.0 Å². The van der Waals surface area contributed by atoms with Gasteiger partial charge in [0.1, 0.15) is 0 Å². The Kier molecular flexibility index (Phi) is 3.33. The molecule has 0 fully saturated rings. The van der Waals surface area contributed by atoms with Crippen LogP contribution in [0.5, 0.6) is 0 Å². The van der Waals surface area contributed by atoms with Crippen LogP contribution in [0.15, 0.2) is 29.1 Å². The number of rotatable bonds is 3. The highest BCUT2D eigenvalue weighted by atomic mass is 16.4. The molecule has 3 N–H and O–H groups in total. The monoisotopic (exact) mass is 259 g/mol. The van der Waals surface area contributed by atoms with Crippen molar-refractivity contribution in [2.75, 3.05) is 5.32 Å². The third-order valence-corrected chi connectivity index (χ3v) is 2.61. The standard InChI is InChI=1S/C13H13N3O3/c1-7-3-4-9(12(18)19)6-10(7)15-13-14-8(2)5-11(17)16-13/h3-6H,1-2H3,(H,18,19)(H2,14,15,16,17). The summed E-state index contributed by atoms with van der Waals surface area (Å²) in [6.45, 7) is 3.54. The number of aromatic amines is 1. The number of carboxylic acid groups (broad SMARTS) is 1. The van der Waals surface area contributed by atoms with Crippen molar-refractivity contribution in [3.8, 4) is 0 Å². The van der Waals surface area contributed by atoms with Gasteiger partial charge in [0, 0.05) is 17.4 Å². The highest BCUT2D eigenvalue weighted by Gasteiger charge is 2.07. The number of nitrogens with zero attached hydrogens (tertiary/aromatic N) is 1. The van der Waals surface area contributed by atoms with E-state index in [4.69, 9.17) is 5.11 Å². The molecule has 0 unspecified atom stereocenters. The minimum Gasteiger partial charge on any atom is -0.478 e. The fourth-order valence-corrected chi connectivity index (χ4v) is 1.66. The van der Waals surface area contributed by atoms with Crippen molar-refractivity contribution < 1.29 is 9.90 Å². The number of aryl methyl sites for hydroxylation is 2. The smallest absolute Gasteiger partial charge is 0.335 e. The van der Waals surface area contributed by atoms with E-state index in [9.17, 15) is 9.59 Å². The van der Waals surface area contributed by atoms with E-state index >= 15 is 0 Å². The van der Waals surface area contributed by atoms with Gasteiger partial charge in [-0.05, 0) is 31.5 Å². The predicted molar refractivity (Wildman–Crippen MR) is 71.0 cm³/mol. The molecule has 0 bridgehead atoms. The fraction of sp³-hybridized carbons (Fsp3) is 0.154. The number of carbonyl (C=O) groups is 1. The van der Waals surface area contributed by atoms with E-state index in [2.05, 4.69) is 15.3 Å². The molecule has 0 amide bonds. The van der Waals surface area contributed by atoms with Crippen molar-refractivity contribution in [1.82, 2.24) is 9.97 Å². The summed E-state index contributed by atoms with van der Waals surface area (Å²) in [5.41, 5.74) is 1.94. The molecule has 0 radical (unpaired) electrons. The molecule has 1 aromatic heterocycles. The van der Waals surface area contributed by atoms with Crippen molar-refractivity contribution >= 4 is 17.6 Å². The van der Waals surface area contributed by atoms with E-state index in [1.165, 1.54) is 18.2 Å². The Hall–Kier alpha value is -2.63. The molecular formula is C13H13N3O3. The molecule has 19 heavy (non-hydrogen) atoms. The maximum Gasteiger partial charge on any atom is 0.335 e. The Morgan fingerprint density at radius 1 is 1.32 bits per heavy atom. The quantitative estimate of drug-likeness (QED) is 0.781. The summed E-state index contributed by atoms with van der Waals surface area (Å²) in [6.07, 6.45) is 0. The number of aromatic carboxylic acids is 1. The van der Waals surface area contributed by atoms with E-state index in [0.717, 1.165) is 5.56 Å². The molecule has 2 aromatic rings. The third kappa shape index (κ3) is 2.98. The van der Waals surface area contributed by atoms with E-state index < -0.39 is 5.97 Å². The molecule has 0 aliphatic carbocycles. The summed E-state index contributed by atoms with van der Waals surface area (Å²) in [5.74, 6) is -0.718. The van der Waals surface area contributed by atoms with Crippen molar-refractivity contribution in [3.05, 3.63) is 51.4 Å². The van der Waals surface area contributed by atoms with Gasteiger partial charge in [0.05, 0.1) is 5.56 Å². The van der Waals surface area contributed by atoms with Crippen LogP contribution in [0.3, 0.4) is 0 Å². The normalized spacial score (nSPS) is 10.2. The Bertz CT molecular complexity index is 692. The third-order valence-electron chi connectivity index (χ3n) is 2.61. The van der Waals surface area contributed by atoms with Gasteiger partial charge in [0.15, 0.2) is 0 Å². The van der Waals surface area contributed by atoms with Gasteiger partial charge in [-0.25, -0.2) is 9.78 Å². The number of anilines is 2. The Morgan fingerprint density at radius 2 is 2.05 bits per heavy atom. The van der Waals surface area contributed by atoms with Gasteiger partial charge in [-0.2, -0.15) is 0 Å². The van der Waals surface area contributed by atoms with Crippen LogP contribution in [0.2, 0.25) is 0 Å². The molecule has 6 nitrogen and oxygen atoms in total. The maximum absolute atomic E-state index is 11.3. The van der Waals surface area contributed by atoms with Crippen LogP contribution in [-0.2, 0) is 0 Å². The molecule has 6 heteroatoms. The van der Waals surface area contributed by atoms with Gasteiger partial charge >= 0.3 is 5.97 Å². The average molecular weight is 259 g/mol. The molecule has 1 heterocycles. The maximum atomic E-state index is 11.3. The molecule has 0 spiro atoms. The molecule has 98 valence electrons. The first-order valence-corrected chi connectivity index (χ1v) is 5.64. The van der Waals surface area contributed by atoms with Crippen LogP contribution >= 0.6 is 0 Å². The molecule has 0 aliphatic rings. The molecule has 0 saturated heterocycles. The molecule has 0 atom stereocenters. The predicted octanol–water partition coefficient (Wildman–Crippen LogP) is 1.83. The number of hydrogen-bond acceptors (Lipinski definition) is 4. The van der Waals surface area contributed by atoms with Gasteiger partial charge in [0.2, 0.25) is 5.95 Å². The van der Waals surface area contributed by atoms with Crippen molar-refractivity contribution in [1.29, 1.82) is 0 Å². The van der Waals surface area contributed by atoms with Crippen LogP contribution in [0.1, 0.15) is 21.6 Å². The van der Waals surface area contributed by atoms with Crippen LogP contribution in [0.4, 0.5) is 11.6 Å². The van der Waals surface area contributed by atoms with Crippen LogP contribution in [-0.4, -0.2) is 21.0 Å². The molecule has 0 aliphatic heterocycles. The van der Waals surface area contributed by atoms with Gasteiger partial charge < -0.3 is 10.4 Å².